The third-order valence-corrected chi connectivity index (χ3v) is 12.0. The van der Waals surface area contributed by atoms with E-state index < -0.39 is 108 Å². The van der Waals surface area contributed by atoms with Crippen LogP contribution in [0.4, 0.5) is 4.79 Å². The number of carbonyl (C=O) groups is 4. The van der Waals surface area contributed by atoms with Crippen LogP contribution in [0.1, 0.15) is 114 Å². The van der Waals surface area contributed by atoms with E-state index in [-0.39, 0.29) is 34.4 Å². The number of carbonyl (C=O) groups excluding carboxylic acids is 4. The topological polar surface area (TPSA) is 222 Å². The molecule has 2 aromatic carbocycles. The Kier molecular flexibility index (Phi) is 11.5. The molecule has 1 amide bonds. The van der Waals surface area contributed by atoms with Gasteiger partial charge in [-0.15, -0.1) is 0 Å². The van der Waals surface area contributed by atoms with Crippen molar-refractivity contribution in [2.75, 3.05) is 26.8 Å². The lowest BCUT2D eigenvalue weighted by molar-refractivity contribution is -0.249. The van der Waals surface area contributed by atoms with Crippen LogP contribution in [0, 0.1) is 0 Å². The summed E-state index contributed by atoms with van der Waals surface area (Å²) in [5.74, 6) is -3.97. The van der Waals surface area contributed by atoms with E-state index in [2.05, 4.69) is 16.3 Å². The quantitative estimate of drug-likeness (QED) is 0.143. The van der Waals surface area contributed by atoms with Crippen molar-refractivity contribution in [2.45, 2.75) is 120 Å². The number of likely N-dealkylation sites (tertiary alicyclic amines) is 1. The van der Waals surface area contributed by atoms with Crippen molar-refractivity contribution in [1.82, 2.24) is 10.2 Å². The van der Waals surface area contributed by atoms with E-state index in [0.29, 0.717) is 12.5 Å². The van der Waals surface area contributed by atoms with Crippen molar-refractivity contribution in [1.29, 1.82) is 0 Å². The molecular formula is C41H50N2O13. The molecule has 7 rings (SSSR count). The third kappa shape index (κ3) is 7.43. The molecule has 2 aliphatic heterocycles. The number of fused-ring (bicyclic) bond motifs is 3. The largest absolute Gasteiger partial charge is 0.507 e. The van der Waals surface area contributed by atoms with Crippen LogP contribution < -0.4 is 10.1 Å². The molecule has 0 saturated carbocycles. The predicted molar refractivity (Wildman–Crippen MR) is 198 cm³/mol. The maximum Gasteiger partial charge on any atom is 0.408 e. The number of aliphatic hydroxyl groups is 3. The van der Waals surface area contributed by atoms with Crippen LogP contribution >= 0.6 is 0 Å². The van der Waals surface area contributed by atoms with E-state index in [0.717, 1.165) is 32.4 Å². The van der Waals surface area contributed by atoms with Gasteiger partial charge in [0.15, 0.2) is 17.9 Å². The Morgan fingerprint density at radius 2 is 1.77 bits per heavy atom. The van der Waals surface area contributed by atoms with Gasteiger partial charge in [0.05, 0.1) is 42.0 Å². The van der Waals surface area contributed by atoms with Gasteiger partial charge in [0, 0.05) is 42.0 Å². The lowest BCUT2D eigenvalue weighted by atomic mass is 9.72. The van der Waals surface area contributed by atoms with Crippen LogP contribution in [-0.4, -0.2) is 123 Å². The molecule has 0 bridgehead atoms. The molecule has 2 heterocycles. The number of Topliss-reactive ketones (excluding diaryl/α,β-unsaturated/α-hetero) is 1. The summed E-state index contributed by atoms with van der Waals surface area (Å²) >= 11 is 0. The van der Waals surface area contributed by atoms with Gasteiger partial charge in [0.1, 0.15) is 41.7 Å². The predicted octanol–water partition coefficient (Wildman–Crippen LogP) is 3.12. The van der Waals surface area contributed by atoms with Crippen LogP contribution in [-0.2, 0) is 25.4 Å². The SMILES string of the molecule is COc1cccc2c1C(=O)c1c(O)c3c(c(O)c1C2=O)C[C@@](O)(C(=O)CO)C[C@@H]3OC1C[C@H](NC(=O)OC2/C=C/CC(N3CCCCC3)CCC2)[C@H](O)[C@H](C)O1. The van der Waals surface area contributed by atoms with Gasteiger partial charge in [-0.05, 0) is 70.7 Å². The van der Waals surface area contributed by atoms with Gasteiger partial charge in [-0.25, -0.2) is 4.79 Å². The van der Waals surface area contributed by atoms with Crippen LogP contribution in [0.2, 0.25) is 0 Å². The van der Waals surface area contributed by atoms with Crippen LogP contribution in [0.3, 0.4) is 0 Å². The maximum absolute atomic E-state index is 14.0. The van der Waals surface area contributed by atoms with E-state index in [1.165, 1.54) is 44.6 Å². The first-order valence-corrected chi connectivity index (χ1v) is 19.5. The number of amides is 1. The molecule has 15 heteroatoms. The normalized spacial score (nSPS) is 31.2. The van der Waals surface area contributed by atoms with Crippen molar-refractivity contribution < 1.29 is 63.7 Å². The van der Waals surface area contributed by atoms with Crippen molar-refractivity contribution >= 4 is 23.4 Å². The zero-order valence-corrected chi connectivity index (χ0v) is 31.6. The molecule has 0 radical (unpaired) electrons. The fourth-order valence-electron chi connectivity index (χ4n) is 9.05. The van der Waals surface area contributed by atoms with Gasteiger partial charge in [0.2, 0.25) is 5.78 Å². The van der Waals surface area contributed by atoms with Crippen molar-refractivity contribution in [3.8, 4) is 17.2 Å². The molecule has 302 valence electrons. The monoisotopic (exact) mass is 778 g/mol. The van der Waals surface area contributed by atoms with E-state index >= 15 is 0 Å². The summed E-state index contributed by atoms with van der Waals surface area (Å²) in [6, 6.07) is 3.89. The second kappa shape index (κ2) is 16.2. The number of aromatic hydroxyl groups is 2. The highest BCUT2D eigenvalue weighted by molar-refractivity contribution is 6.31. The van der Waals surface area contributed by atoms with E-state index in [1.807, 2.05) is 6.08 Å². The number of hydrogen-bond donors (Lipinski definition) is 6. The number of phenols is 2. The number of rotatable bonds is 8. The number of benzene rings is 2. The summed E-state index contributed by atoms with van der Waals surface area (Å²) in [6.45, 7) is 2.73. The summed E-state index contributed by atoms with van der Waals surface area (Å²) in [5.41, 5.74) is -3.93. The second-order valence-electron chi connectivity index (χ2n) is 15.5. The minimum absolute atomic E-state index is 0.0749. The zero-order chi connectivity index (χ0) is 39.9. The maximum atomic E-state index is 14.0. The van der Waals surface area contributed by atoms with Gasteiger partial charge >= 0.3 is 6.09 Å². The van der Waals surface area contributed by atoms with E-state index in [1.54, 1.807) is 6.92 Å². The first-order chi connectivity index (χ1) is 26.8. The highest BCUT2D eigenvalue weighted by Gasteiger charge is 2.50. The van der Waals surface area contributed by atoms with Gasteiger partial charge in [0.25, 0.3) is 0 Å². The molecule has 15 nitrogen and oxygen atoms in total. The standard InChI is InChI=1S/C41H50N2O13/c1-21-35(46)26(42-40(51)55-23-11-6-9-22(10-7-12-23)43-15-4-3-5-16-43)17-30(54-21)56-28-19-41(52,29(45)20-44)18-25-32(28)39(50)34-33(37(25)48)36(47)24-13-8-14-27(53-2)31(24)38(34)49/h6,8,11,13-14,21-23,26,28,30,35,44,46,48,50,52H,3-5,7,9-10,12,15-20H2,1-2H3,(H,42,51)/b11-6+/t21-,22?,23?,26-,28-,30?,35+,41-/m0/s1. The Balaban J connectivity index is 1.12. The molecule has 3 aliphatic carbocycles. The average Bonchev–Trinajstić information content (AvgIpc) is 3.17. The lowest BCUT2D eigenvalue weighted by Gasteiger charge is -2.42. The Labute approximate surface area is 324 Å². The fourth-order valence-corrected chi connectivity index (χ4v) is 9.05. The van der Waals surface area contributed by atoms with Crippen molar-refractivity contribution in [3.05, 3.63) is 63.7 Å². The molecule has 2 aromatic rings. The van der Waals surface area contributed by atoms with E-state index in [4.69, 9.17) is 18.9 Å². The number of ether oxygens (including phenoxy) is 4. The van der Waals surface area contributed by atoms with E-state index in [9.17, 15) is 44.7 Å². The molecule has 8 atom stereocenters. The number of piperidine rings is 1. The number of aliphatic hydroxyl groups excluding tert-OH is 2. The molecule has 0 spiro atoms. The molecule has 2 fully saturated rings. The van der Waals surface area contributed by atoms with Crippen molar-refractivity contribution in [2.24, 2.45) is 0 Å². The number of hydrogen-bond acceptors (Lipinski definition) is 14. The summed E-state index contributed by atoms with van der Waals surface area (Å²) in [4.78, 5) is 56.5. The number of methoxy groups -OCH3 is 1. The summed E-state index contributed by atoms with van der Waals surface area (Å²) in [7, 11) is 1.32. The Morgan fingerprint density at radius 3 is 2.50 bits per heavy atom. The average molecular weight is 779 g/mol. The molecule has 6 N–H and O–H groups in total. The van der Waals surface area contributed by atoms with Crippen LogP contribution in [0.25, 0.3) is 0 Å². The molecule has 0 aromatic heterocycles. The molecule has 2 saturated heterocycles. The zero-order valence-electron chi connectivity index (χ0n) is 31.6. The third-order valence-electron chi connectivity index (χ3n) is 12.0. The summed E-state index contributed by atoms with van der Waals surface area (Å²) in [6.07, 6.45) is 3.83. The fraction of sp³-hybridized carbons (Fsp3) is 0.561. The minimum atomic E-state index is -2.33. The Hall–Kier alpha value is -4.38. The van der Waals surface area contributed by atoms with Gasteiger partial charge in [-0.1, -0.05) is 24.6 Å². The number of ketones is 3. The summed E-state index contributed by atoms with van der Waals surface area (Å²) < 4.78 is 23.3. The first kappa shape index (κ1) is 39.8. The summed E-state index contributed by atoms with van der Waals surface area (Å²) in [5, 5.41) is 58.6. The van der Waals surface area contributed by atoms with Crippen LogP contribution in [0.5, 0.6) is 17.2 Å². The van der Waals surface area contributed by atoms with Crippen LogP contribution in [0.15, 0.2) is 30.4 Å². The molecule has 5 aliphatic rings. The Bertz CT molecular complexity index is 1910. The smallest absolute Gasteiger partial charge is 0.408 e. The molecular weight excluding hydrogens is 728 g/mol. The van der Waals surface area contributed by atoms with Gasteiger partial charge < -0.3 is 54.7 Å². The number of nitrogens with one attached hydrogen (secondary N) is 1. The number of alkyl carbamates (subject to hydrolysis) is 1. The van der Waals surface area contributed by atoms with Gasteiger partial charge in [-0.2, -0.15) is 0 Å². The Morgan fingerprint density at radius 1 is 1.02 bits per heavy atom. The van der Waals surface area contributed by atoms with Gasteiger partial charge in [-0.3, -0.25) is 14.4 Å². The number of phenolic OH excluding ortho intramolecular Hbond substituents is 2. The lowest BCUT2D eigenvalue weighted by Crippen LogP contribution is -2.56. The minimum Gasteiger partial charge on any atom is -0.507 e. The van der Waals surface area contributed by atoms with Crippen molar-refractivity contribution in [3.63, 3.8) is 0 Å². The molecule has 3 unspecified atom stereocenters. The second-order valence-corrected chi connectivity index (χ2v) is 15.5. The molecule has 56 heavy (non-hydrogen) atoms. The highest BCUT2D eigenvalue weighted by Crippen LogP contribution is 2.52. The highest BCUT2D eigenvalue weighted by atomic mass is 16.7. The first-order valence-electron chi connectivity index (χ1n) is 19.5. The number of nitrogens with zero attached hydrogens (tertiary/aromatic N) is 1.